The fraction of sp³-hybridized carbons (Fsp3) is 0.667. The van der Waals surface area contributed by atoms with Crippen molar-refractivity contribution in [2.24, 2.45) is 5.92 Å². The normalized spacial score (nSPS) is 11.5. The molecule has 0 radical (unpaired) electrons. The zero-order chi connectivity index (χ0) is 10.8. The van der Waals surface area contributed by atoms with Gasteiger partial charge in [-0.05, 0) is 27.7 Å². The van der Waals surface area contributed by atoms with E-state index in [1.807, 2.05) is 0 Å². The fourth-order valence-electron chi connectivity index (χ4n) is 0.999. The zero-order valence-electron chi connectivity index (χ0n) is 8.18. The SMILES string of the molecule is CC(=O)C(C(C)=O)C(=O)C(C)(C)Br. The van der Waals surface area contributed by atoms with Gasteiger partial charge in [-0.3, -0.25) is 14.4 Å². The minimum atomic E-state index is -1.12. The second-order valence-corrected chi connectivity index (χ2v) is 5.47. The Kier molecular flexibility index (Phi) is 3.97. The molecule has 0 aliphatic heterocycles. The standard InChI is InChI=1S/C9H13BrO3/c1-5(11)7(6(2)12)8(13)9(3,4)10/h7H,1-4H3. The van der Waals surface area contributed by atoms with Crippen molar-refractivity contribution in [3.63, 3.8) is 0 Å². The molecule has 0 fully saturated rings. The van der Waals surface area contributed by atoms with Gasteiger partial charge in [-0.15, -0.1) is 0 Å². The third-order valence-electron chi connectivity index (χ3n) is 1.66. The Morgan fingerprint density at radius 2 is 1.38 bits per heavy atom. The van der Waals surface area contributed by atoms with Crippen molar-refractivity contribution in [3.8, 4) is 0 Å². The van der Waals surface area contributed by atoms with Crippen molar-refractivity contribution in [1.29, 1.82) is 0 Å². The summed E-state index contributed by atoms with van der Waals surface area (Å²) in [5.41, 5.74) is 0. The van der Waals surface area contributed by atoms with E-state index in [2.05, 4.69) is 15.9 Å². The molecule has 0 aliphatic rings. The highest BCUT2D eigenvalue weighted by molar-refractivity contribution is 9.10. The summed E-state index contributed by atoms with van der Waals surface area (Å²) in [6.45, 7) is 5.74. The van der Waals surface area contributed by atoms with Crippen LogP contribution in [0.5, 0.6) is 0 Å². The first kappa shape index (κ1) is 12.5. The largest absolute Gasteiger partial charge is 0.299 e. The number of alkyl halides is 1. The molecule has 4 heteroatoms. The average molecular weight is 249 g/mol. The van der Waals surface area contributed by atoms with Gasteiger partial charge in [0.2, 0.25) is 0 Å². The number of hydrogen-bond donors (Lipinski definition) is 0. The Bertz CT molecular complexity index is 236. The molecule has 0 aromatic rings. The molecule has 0 bridgehead atoms. The molecule has 0 atom stereocenters. The Morgan fingerprint density at radius 3 is 1.46 bits per heavy atom. The van der Waals surface area contributed by atoms with Crippen LogP contribution in [0.25, 0.3) is 0 Å². The summed E-state index contributed by atoms with van der Waals surface area (Å²) >= 11 is 3.13. The van der Waals surface area contributed by atoms with Crippen LogP contribution in [0, 0.1) is 5.92 Å². The van der Waals surface area contributed by atoms with Gasteiger partial charge >= 0.3 is 0 Å². The van der Waals surface area contributed by atoms with Gasteiger partial charge in [-0.2, -0.15) is 0 Å². The van der Waals surface area contributed by atoms with Crippen LogP contribution >= 0.6 is 15.9 Å². The first-order valence-corrected chi connectivity index (χ1v) is 4.71. The Balaban J connectivity index is 4.89. The van der Waals surface area contributed by atoms with Crippen LogP contribution in [0.1, 0.15) is 27.7 Å². The van der Waals surface area contributed by atoms with Gasteiger partial charge < -0.3 is 0 Å². The van der Waals surface area contributed by atoms with Gasteiger partial charge in [0.25, 0.3) is 0 Å². The smallest absolute Gasteiger partial charge is 0.166 e. The van der Waals surface area contributed by atoms with E-state index < -0.39 is 21.8 Å². The van der Waals surface area contributed by atoms with Crippen LogP contribution < -0.4 is 0 Å². The molecule has 0 saturated carbocycles. The molecule has 3 nitrogen and oxygen atoms in total. The highest BCUT2D eigenvalue weighted by Gasteiger charge is 2.36. The van der Waals surface area contributed by atoms with E-state index in [1.54, 1.807) is 13.8 Å². The minimum Gasteiger partial charge on any atom is -0.299 e. The summed E-state index contributed by atoms with van der Waals surface area (Å²) in [5, 5.41) is 0. The highest BCUT2D eigenvalue weighted by atomic mass is 79.9. The number of ketones is 3. The molecule has 74 valence electrons. The maximum absolute atomic E-state index is 11.6. The van der Waals surface area contributed by atoms with Crippen LogP contribution in [0.15, 0.2) is 0 Å². The first-order chi connectivity index (χ1) is 5.68. The summed E-state index contributed by atoms with van der Waals surface area (Å²) in [6, 6.07) is 0. The number of Topliss-reactive ketones (excluding diaryl/α,β-unsaturated/α-hetero) is 3. The molecule has 0 aromatic heterocycles. The number of halogens is 1. The Morgan fingerprint density at radius 1 is 1.08 bits per heavy atom. The minimum absolute atomic E-state index is 0.382. The third kappa shape index (κ3) is 3.38. The summed E-state index contributed by atoms with van der Waals surface area (Å²) in [7, 11) is 0. The molecular formula is C9H13BrO3. The molecule has 0 spiro atoms. The number of hydrogen-bond acceptors (Lipinski definition) is 3. The van der Waals surface area contributed by atoms with Crippen molar-refractivity contribution in [2.75, 3.05) is 0 Å². The van der Waals surface area contributed by atoms with Gasteiger partial charge in [0, 0.05) is 0 Å². The molecular weight excluding hydrogens is 236 g/mol. The number of rotatable bonds is 4. The van der Waals surface area contributed by atoms with E-state index >= 15 is 0 Å². The topological polar surface area (TPSA) is 51.2 Å². The van der Waals surface area contributed by atoms with E-state index in [0.717, 1.165) is 0 Å². The van der Waals surface area contributed by atoms with Crippen molar-refractivity contribution in [3.05, 3.63) is 0 Å². The van der Waals surface area contributed by atoms with Gasteiger partial charge in [0.05, 0.1) is 4.32 Å². The van der Waals surface area contributed by atoms with Gasteiger partial charge in [0.1, 0.15) is 17.5 Å². The maximum Gasteiger partial charge on any atom is 0.166 e. The summed E-state index contributed by atoms with van der Waals surface area (Å²) in [6.07, 6.45) is 0. The van der Waals surface area contributed by atoms with Crippen molar-refractivity contribution in [2.45, 2.75) is 32.0 Å². The first-order valence-electron chi connectivity index (χ1n) is 3.92. The molecule has 0 aliphatic carbocycles. The van der Waals surface area contributed by atoms with Crippen molar-refractivity contribution >= 4 is 33.3 Å². The number of carbonyl (C=O) groups excluding carboxylic acids is 3. The van der Waals surface area contributed by atoms with Gasteiger partial charge in [-0.25, -0.2) is 0 Å². The van der Waals surface area contributed by atoms with Crippen LogP contribution in [-0.2, 0) is 14.4 Å². The van der Waals surface area contributed by atoms with Crippen LogP contribution in [0.2, 0.25) is 0 Å². The lowest BCUT2D eigenvalue weighted by atomic mass is 9.89. The number of carbonyl (C=O) groups is 3. The monoisotopic (exact) mass is 248 g/mol. The molecule has 0 rings (SSSR count). The lowest BCUT2D eigenvalue weighted by Crippen LogP contribution is -2.38. The van der Waals surface area contributed by atoms with Crippen LogP contribution in [0.3, 0.4) is 0 Å². The quantitative estimate of drug-likeness (QED) is 0.560. The predicted octanol–water partition coefficient (Wildman–Crippen LogP) is 1.52. The fourth-order valence-corrected chi connectivity index (χ4v) is 1.23. The maximum atomic E-state index is 11.6. The molecule has 0 unspecified atom stereocenters. The average Bonchev–Trinajstić information content (AvgIpc) is 1.82. The molecule has 0 aromatic carbocycles. The van der Waals surface area contributed by atoms with Crippen LogP contribution in [0.4, 0.5) is 0 Å². The van der Waals surface area contributed by atoms with Crippen LogP contribution in [-0.4, -0.2) is 21.7 Å². The lowest BCUT2D eigenvalue weighted by molar-refractivity contribution is -0.139. The molecule has 0 N–H and O–H groups in total. The van der Waals surface area contributed by atoms with E-state index in [4.69, 9.17) is 0 Å². The second-order valence-electron chi connectivity index (χ2n) is 3.49. The Labute approximate surface area is 86.0 Å². The summed E-state index contributed by atoms with van der Waals surface area (Å²) < 4.78 is -0.824. The molecule has 0 amide bonds. The van der Waals surface area contributed by atoms with Crippen molar-refractivity contribution < 1.29 is 14.4 Å². The molecule has 0 heterocycles. The third-order valence-corrected chi connectivity index (χ3v) is 2.05. The molecule has 13 heavy (non-hydrogen) atoms. The van der Waals surface area contributed by atoms with E-state index in [9.17, 15) is 14.4 Å². The highest BCUT2D eigenvalue weighted by Crippen LogP contribution is 2.22. The second kappa shape index (κ2) is 4.13. The van der Waals surface area contributed by atoms with E-state index in [-0.39, 0.29) is 5.78 Å². The van der Waals surface area contributed by atoms with E-state index in [0.29, 0.717) is 0 Å². The summed E-state index contributed by atoms with van der Waals surface area (Å²) in [4.78, 5) is 33.6. The van der Waals surface area contributed by atoms with Gasteiger partial charge in [-0.1, -0.05) is 15.9 Å². The van der Waals surface area contributed by atoms with Crippen molar-refractivity contribution in [1.82, 2.24) is 0 Å². The predicted molar refractivity (Wildman–Crippen MR) is 52.9 cm³/mol. The van der Waals surface area contributed by atoms with Gasteiger partial charge in [0.15, 0.2) is 5.78 Å². The zero-order valence-corrected chi connectivity index (χ0v) is 9.77. The molecule has 0 saturated heterocycles. The lowest BCUT2D eigenvalue weighted by Gasteiger charge is -2.19. The summed E-state index contributed by atoms with van der Waals surface area (Å²) in [5.74, 6) is -2.29. The van der Waals surface area contributed by atoms with E-state index in [1.165, 1.54) is 13.8 Å². The Hall–Kier alpha value is -0.510.